The second-order valence-electron chi connectivity index (χ2n) is 5.81. The van der Waals surface area contributed by atoms with Gasteiger partial charge in [0, 0.05) is 47.6 Å². The summed E-state index contributed by atoms with van der Waals surface area (Å²) in [5.74, 6) is -0.0542. The highest BCUT2D eigenvalue weighted by Gasteiger charge is 2.19. The number of carbonyl (C=O) groups excluding carboxylic acids is 1. The largest absolute Gasteiger partial charge is 0.369 e. The number of benzene rings is 2. The fourth-order valence-electron chi connectivity index (χ4n) is 2.83. The zero-order valence-corrected chi connectivity index (χ0v) is 14.7. The Kier molecular flexibility index (Phi) is 5.61. The topological polar surface area (TPSA) is 35.6 Å². The zero-order chi connectivity index (χ0) is 16.9. The van der Waals surface area contributed by atoms with E-state index >= 15 is 0 Å². The Labute approximate surface area is 152 Å². The molecule has 2 aromatic carbocycles. The summed E-state index contributed by atoms with van der Waals surface area (Å²) in [6.07, 6.45) is 0. The molecule has 3 rings (SSSR count). The Hall–Kier alpha value is -1.75. The van der Waals surface area contributed by atoms with Gasteiger partial charge < -0.3 is 10.2 Å². The molecule has 0 aliphatic carbocycles. The van der Waals surface area contributed by atoms with Gasteiger partial charge in [0.25, 0.3) is 0 Å². The molecule has 24 heavy (non-hydrogen) atoms. The Morgan fingerprint density at radius 3 is 2.21 bits per heavy atom. The van der Waals surface area contributed by atoms with Crippen molar-refractivity contribution in [1.29, 1.82) is 0 Å². The van der Waals surface area contributed by atoms with E-state index < -0.39 is 0 Å². The molecule has 1 heterocycles. The van der Waals surface area contributed by atoms with Crippen molar-refractivity contribution in [2.75, 3.05) is 42.9 Å². The third-order valence-corrected chi connectivity index (χ3v) is 4.44. The molecule has 1 amide bonds. The average Bonchev–Trinajstić information content (AvgIpc) is 2.55. The predicted octanol–water partition coefficient (Wildman–Crippen LogP) is 3.75. The molecule has 0 unspecified atom stereocenters. The zero-order valence-electron chi connectivity index (χ0n) is 13.2. The number of amides is 1. The monoisotopic (exact) mass is 363 g/mol. The van der Waals surface area contributed by atoms with Crippen LogP contribution in [0, 0.1) is 0 Å². The van der Waals surface area contributed by atoms with Gasteiger partial charge in [0.15, 0.2) is 0 Å². The second-order valence-corrected chi connectivity index (χ2v) is 6.68. The molecule has 0 aromatic heterocycles. The van der Waals surface area contributed by atoms with E-state index in [4.69, 9.17) is 23.2 Å². The van der Waals surface area contributed by atoms with Crippen LogP contribution in [0.25, 0.3) is 0 Å². The maximum absolute atomic E-state index is 12.2. The van der Waals surface area contributed by atoms with E-state index in [0.29, 0.717) is 22.3 Å². The number of para-hydroxylation sites is 1. The molecule has 0 saturated carbocycles. The van der Waals surface area contributed by atoms with Crippen molar-refractivity contribution in [2.24, 2.45) is 0 Å². The summed E-state index contributed by atoms with van der Waals surface area (Å²) in [6, 6.07) is 15.4. The minimum atomic E-state index is -0.0542. The molecule has 126 valence electrons. The van der Waals surface area contributed by atoms with Crippen LogP contribution in [0.1, 0.15) is 0 Å². The summed E-state index contributed by atoms with van der Waals surface area (Å²) < 4.78 is 0. The van der Waals surface area contributed by atoms with Crippen molar-refractivity contribution in [2.45, 2.75) is 0 Å². The lowest BCUT2D eigenvalue weighted by Gasteiger charge is -2.35. The third kappa shape index (κ3) is 4.63. The van der Waals surface area contributed by atoms with Crippen LogP contribution in [0.4, 0.5) is 11.4 Å². The van der Waals surface area contributed by atoms with Gasteiger partial charge in [0.2, 0.25) is 5.91 Å². The minimum absolute atomic E-state index is 0.0542. The van der Waals surface area contributed by atoms with Crippen LogP contribution >= 0.6 is 23.2 Å². The van der Waals surface area contributed by atoms with Crippen molar-refractivity contribution in [3.8, 4) is 0 Å². The summed E-state index contributed by atoms with van der Waals surface area (Å²) in [7, 11) is 0. The summed E-state index contributed by atoms with van der Waals surface area (Å²) in [4.78, 5) is 16.7. The lowest BCUT2D eigenvalue weighted by molar-refractivity contribution is -0.117. The van der Waals surface area contributed by atoms with E-state index in [1.807, 2.05) is 18.2 Å². The standard InChI is InChI=1S/C18H19Cl2N3O/c19-14-10-15(20)12-16(11-14)21-18(24)13-22-6-8-23(9-7-22)17-4-2-1-3-5-17/h1-5,10-12H,6-9,13H2,(H,21,24). The van der Waals surface area contributed by atoms with Crippen LogP contribution in [0.3, 0.4) is 0 Å². The van der Waals surface area contributed by atoms with Crippen molar-refractivity contribution in [3.05, 3.63) is 58.6 Å². The number of hydrogen-bond donors (Lipinski definition) is 1. The molecular weight excluding hydrogens is 345 g/mol. The Morgan fingerprint density at radius 1 is 0.958 bits per heavy atom. The molecule has 2 aromatic rings. The van der Waals surface area contributed by atoms with Gasteiger partial charge in [0.1, 0.15) is 0 Å². The minimum Gasteiger partial charge on any atom is -0.369 e. The molecule has 1 N–H and O–H groups in total. The lowest BCUT2D eigenvalue weighted by atomic mass is 10.2. The number of carbonyl (C=O) groups is 1. The maximum atomic E-state index is 12.2. The van der Waals surface area contributed by atoms with Gasteiger partial charge >= 0.3 is 0 Å². The third-order valence-electron chi connectivity index (χ3n) is 4.01. The molecule has 0 spiro atoms. The first kappa shape index (κ1) is 17.1. The quantitative estimate of drug-likeness (QED) is 0.898. The van der Waals surface area contributed by atoms with Crippen molar-refractivity contribution in [3.63, 3.8) is 0 Å². The Morgan fingerprint density at radius 2 is 1.58 bits per heavy atom. The summed E-state index contributed by atoms with van der Waals surface area (Å²) in [5, 5.41) is 3.87. The van der Waals surface area contributed by atoms with E-state index in [1.54, 1.807) is 18.2 Å². The van der Waals surface area contributed by atoms with Crippen LogP contribution in [-0.2, 0) is 4.79 Å². The molecular formula is C18H19Cl2N3O. The first-order valence-corrected chi connectivity index (χ1v) is 8.64. The van der Waals surface area contributed by atoms with Crippen LogP contribution in [0.2, 0.25) is 10.0 Å². The molecule has 0 bridgehead atoms. The summed E-state index contributed by atoms with van der Waals surface area (Å²) >= 11 is 11.9. The van der Waals surface area contributed by atoms with Crippen LogP contribution in [0.15, 0.2) is 48.5 Å². The van der Waals surface area contributed by atoms with Crippen LogP contribution < -0.4 is 10.2 Å². The van der Waals surface area contributed by atoms with E-state index in [0.717, 1.165) is 26.2 Å². The number of nitrogens with one attached hydrogen (secondary N) is 1. The van der Waals surface area contributed by atoms with Gasteiger partial charge in [-0.15, -0.1) is 0 Å². The van der Waals surface area contributed by atoms with Crippen LogP contribution in [-0.4, -0.2) is 43.5 Å². The normalized spacial score (nSPS) is 15.3. The molecule has 4 nitrogen and oxygen atoms in total. The average molecular weight is 364 g/mol. The van der Waals surface area contributed by atoms with Gasteiger partial charge in [-0.25, -0.2) is 0 Å². The molecule has 0 radical (unpaired) electrons. The number of halogens is 2. The number of anilines is 2. The van der Waals surface area contributed by atoms with Gasteiger partial charge in [0.05, 0.1) is 6.54 Å². The fourth-order valence-corrected chi connectivity index (χ4v) is 3.36. The van der Waals surface area contributed by atoms with Crippen molar-refractivity contribution in [1.82, 2.24) is 4.90 Å². The second kappa shape index (κ2) is 7.88. The van der Waals surface area contributed by atoms with Gasteiger partial charge in [-0.3, -0.25) is 9.69 Å². The van der Waals surface area contributed by atoms with E-state index in [2.05, 4.69) is 27.2 Å². The number of hydrogen-bond acceptors (Lipinski definition) is 3. The SMILES string of the molecule is O=C(CN1CCN(c2ccccc2)CC1)Nc1cc(Cl)cc(Cl)c1. The smallest absolute Gasteiger partial charge is 0.238 e. The molecule has 1 aliphatic rings. The number of piperazine rings is 1. The summed E-state index contributed by atoms with van der Waals surface area (Å²) in [6.45, 7) is 3.92. The van der Waals surface area contributed by atoms with Gasteiger partial charge in [-0.2, -0.15) is 0 Å². The lowest BCUT2D eigenvalue weighted by Crippen LogP contribution is -2.48. The number of nitrogens with zero attached hydrogens (tertiary/aromatic N) is 2. The van der Waals surface area contributed by atoms with Gasteiger partial charge in [-0.1, -0.05) is 41.4 Å². The highest BCUT2D eigenvalue weighted by Crippen LogP contribution is 2.22. The maximum Gasteiger partial charge on any atom is 0.238 e. The van der Waals surface area contributed by atoms with E-state index in [9.17, 15) is 4.79 Å². The van der Waals surface area contributed by atoms with Crippen molar-refractivity contribution >= 4 is 40.5 Å². The molecule has 0 atom stereocenters. The Bertz CT molecular complexity index is 680. The first-order valence-electron chi connectivity index (χ1n) is 7.88. The molecule has 6 heteroatoms. The van der Waals surface area contributed by atoms with Gasteiger partial charge in [-0.05, 0) is 30.3 Å². The molecule has 1 fully saturated rings. The highest BCUT2D eigenvalue weighted by atomic mass is 35.5. The summed E-state index contributed by atoms with van der Waals surface area (Å²) in [5.41, 5.74) is 1.86. The predicted molar refractivity (Wildman–Crippen MR) is 100 cm³/mol. The Balaban J connectivity index is 1.50. The van der Waals surface area contributed by atoms with E-state index in [1.165, 1.54) is 5.69 Å². The van der Waals surface area contributed by atoms with E-state index in [-0.39, 0.29) is 5.91 Å². The molecule has 1 aliphatic heterocycles. The highest BCUT2D eigenvalue weighted by molar-refractivity contribution is 6.35. The fraction of sp³-hybridized carbons (Fsp3) is 0.278. The van der Waals surface area contributed by atoms with Crippen LogP contribution in [0.5, 0.6) is 0 Å². The molecule has 1 saturated heterocycles. The number of rotatable bonds is 4. The first-order chi connectivity index (χ1) is 11.6. The van der Waals surface area contributed by atoms with Crippen molar-refractivity contribution < 1.29 is 4.79 Å².